The van der Waals surface area contributed by atoms with Gasteiger partial charge in [0.05, 0.1) is 15.1 Å². The van der Waals surface area contributed by atoms with Gasteiger partial charge in [-0.3, -0.25) is 0 Å². The van der Waals surface area contributed by atoms with E-state index in [1.165, 1.54) is 18.0 Å². The van der Waals surface area contributed by atoms with Crippen LogP contribution in [-0.4, -0.2) is 19.7 Å². The molecule has 21 heavy (non-hydrogen) atoms. The molecule has 7 heteroatoms. The SMILES string of the molecule is CS(=O)(=O)c1ccc(Sc2nc3ccc(N)cc3s2)cc1. The molecule has 4 nitrogen and oxygen atoms in total. The number of rotatable bonds is 3. The highest BCUT2D eigenvalue weighted by Gasteiger charge is 2.09. The summed E-state index contributed by atoms with van der Waals surface area (Å²) in [6.45, 7) is 0. The van der Waals surface area contributed by atoms with Crippen molar-refractivity contribution in [3.05, 3.63) is 42.5 Å². The largest absolute Gasteiger partial charge is 0.399 e. The summed E-state index contributed by atoms with van der Waals surface area (Å²) < 4.78 is 24.8. The topological polar surface area (TPSA) is 73.0 Å². The highest BCUT2D eigenvalue weighted by molar-refractivity contribution is 8.01. The Balaban J connectivity index is 1.88. The molecule has 2 N–H and O–H groups in total. The highest BCUT2D eigenvalue weighted by Crippen LogP contribution is 2.35. The predicted molar refractivity (Wildman–Crippen MR) is 87.7 cm³/mol. The van der Waals surface area contributed by atoms with E-state index in [9.17, 15) is 8.42 Å². The van der Waals surface area contributed by atoms with Gasteiger partial charge in [0, 0.05) is 16.8 Å². The fourth-order valence-electron chi connectivity index (χ4n) is 1.82. The van der Waals surface area contributed by atoms with Gasteiger partial charge in [-0.25, -0.2) is 13.4 Å². The van der Waals surface area contributed by atoms with Crippen LogP contribution in [0.4, 0.5) is 5.69 Å². The maximum absolute atomic E-state index is 11.4. The molecule has 0 saturated heterocycles. The Morgan fingerprint density at radius 1 is 1.14 bits per heavy atom. The molecule has 0 amide bonds. The third-order valence-corrected chi connectivity index (χ3v) is 6.06. The first-order valence-corrected chi connectivity index (χ1v) is 9.58. The Labute approximate surface area is 130 Å². The molecule has 0 saturated carbocycles. The minimum Gasteiger partial charge on any atom is -0.399 e. The van der Waals surface area contributed by atoms with Crippen LogP contribution in [0, 0.1) is 0 Å². The van der Waals surface area contributed by atoms with E-state index in [-0.39, 0.29) is 0 Å². The monoisotopic (exact) mass is 336 g/mol. The van der Waals surface area contributed by atoms with E-state index in [1.807, 2.05) is 18.2 Å². The number of nitrogens with two attached hydrogens (primary N) is 1. The number of nitrogens with zero attached hydrogens (tertiary/aromatic N) is 1. The second-order valence-electron chi connectivity index (χ2n) is 4.55. The fourth-order valence-corrected chi connectivity index (χ4v) is 4.54. The first-order chi connectivity index (χ1) is 9.91. The summed E-state index contributed by atoms with van der Waals surface area (Å²) in [7, 11) is -3.15. The highest BCUT2D eigenvalue weighted by atomic mass is 32.2. The second-order valence-corrected chi connectivity index (χ2v) is 8.92. The Morgan fingerprint density at radius 2 is 1.86 bits per heavy atom. The minimum absolute atomic E-state index is 0.323. The van der Waals surface area contributed by atoms with Crippen molar-refractivity contribution in [3.63, 3.8) is 0 Å². The van der Waals surface area contributed by atoms with Crippen LogP contribution < -0.4 is 5.73 Å². The number of nitrogen functional groups attached to an aromatic ring is 1. The standard InChI is InChI=1S/C14H12N2O2S3/c1-21(17,18)11-5-3-10(4-6-11)19-14-16-12-7-2-9(15)8-13(12)20-14/h2-8H,15H2,1H3. The summed E-state index contributed by atoms with van der Waals surface area (Å²) in [6, 6.07) is 12.5. The molecule has 1 heterocycles. The third kappa shape index (κ3) is 3.20. The first-order valence-electron chi connectivity index (χ1n) is 6.06. The van der Waals surface area contributed by atoms with Gasteiger partial charge in [0.2, 0.25) is 0 Å². The van der Waals surface area contributed by atoms with E-state index < -0.39 is 9.84 Å². The van der Waals surface area contributed by atoms with E-state index in [4.69, 9.17) is 5.73 Å². The average molecular weight is 336 g/mol. The number of hydrogen-bond acceptors (Lipinski definition) is 6. The van der Waals surface area contributed by atoms with Crippen LogP contribution in [0.2, 0.25) is 0 Å². The molecule has 0 aliphatic carbocycles. The zero-order chi connectivity index (χ0) is 15.0. The van der Waals surface area contributed by atoms with Crippen molar-refractivity contribution in [2.75, 3.05) is 12.0 Å². The van der Waals surface area contributed by atoms with E-state index >= 15 is 0 Å². The number of anilines is 1. The van der Waals surface area contributed by atoms with Crippen LogP contribution in [-0.2, 0) is 9.84 Å². The normalized spacial score (nSPS) is 11.9. The molecular weight excluding hydrogens is 324 g/mol. The molecule has 0 spiro atoms. The Kier molecular flexibility index (Phi) is 3.64. The molecule has 1 aromatic heterocycles. The lowest BCUT2D eigenvalue weighted by Gasteiger charge is -2.00. The van der Waals surface area contributed by atoms with Crippen molar-refractivity contribution in [3.8, 4) is 0 Å². The van der Waals surface area contributed by atoms with Crippen molar-refractivity contribution in [2.45, 2.75) is 14.1 Å². The number of sulfone groups is 1. The number of hydrogen-bond donors (Lipinski definition) is 1. The van der Waals surface area contributed by atoms with Gasteiger partial charge < -0.3 is 5.73 Å². The molecule has 0 atom stereocenters. The van der Waals surface area contributed by atoms with Crippen molar-refractivity contribution >= 4 is 48.8 Å². The van der Waals surface area contributed by atoms with E-state index in [0.717, 1.165) is 25.1 Å². The summed E-state index contributed by atoms with van der Waals surface area (Å²) in [5, 5.41) is 0. The fraction of sp³-hybridized carbons (Fsp3) is 0.0714. The first kappa shape index (κ1) is 14.4. The van der Waals surface area contributed by atoms with Gasteiger partial charge in [-0.15, -0.1) is 11.3 Å². The third-order valence-electron chi connectivity index (χ3n) is 2.85. The molecule has 0 unspecified atom stereocenters. The lowest BCUT2D eigenvalue weighted by molar-refractivity contribution is 0.602. The van der Waals surface area contributed by atoms with Crippen molar-refractivity contribution in [2.24, 2.45) is 0 Å². The smallest absolute Gasteiger partial charge is 0.175 e. The lowest BCUT2D eigenvalue weighted by atomic mass is 10.3. The Morgan fingerprint density at radius 3 is 2.52 bits per heavy atom. The Bertz CT molecular complexity index is 900. The quantitative estimate of drug-likeness (QED) is 0.742. The van der Waals surface area contributed by atoms with Gasteiger partial charge in [0.25, 0.3) is 0 Å². The summed E-state index contributed by atoms with van der Waals surface area (Å²) in [5.74, 6) is 0. The molecule has 3 rings (SSSR count). The number of thiazole rings is 1. The van der Waals surface area contributed by atoms with Crippen LogP contribution in [0.1, 0.15) is 0 Å². The number of fused-ring (bicyclic) bond motifs is 1. The Hall–Kier alpha value is -1.57. The van der Waals surface area contributed by atoms with Gasteiger partial charge in [0.15, 0.2) is 14.2 Å². The zero-order valence-electron chi connectivity index (χ0n) is 11.1. The van der Waals surface area contributed by atoms with Crippen molar-refractivity contribution in [1.29, 1.82) is 0 Å². The van der Waals surface area contributed by atoms with Crippen LogP contribution in [0.5, 0.6) is 0 Å². The van der Waals surface area contributed by atoms with Crippen molar-refractivity contribution in [1.82, 2.24) is 4.98 Å². The molecule has 3 aromatic rings. The van der Waals surface area contributed by atoms with E-state index in [0.29, 0.717) is 4.90 Å². The van der Waals surface area contributed by atoms with E-state index in [2.05, 4.69) is 4.98 Å². The molecule has 0 aliphatic heterocycles. The molecule has 0 fully saturated rings. The predicted octanol–water partition coefficient (Wildman–Crippen LogP) is 3.43. The maximum Gasteiger partial charge on any atom is 0.175 e. The van der Waals surface area contributed by atoms with Gasteiger partial charge in [-0.2, -0.15) is 0 Å². The summed E-state index contributed by atoms with van der Waals surface area (Å²) >= 11 is 3.08. The van der Waals surface area contributed by atoms with Crippen LogP contribution >= 0.6 is 23.1 Å². The van der Waals surface area contributed by atoms with Crippen LogP contribution in [0.15, 0.2) is 56.6 Å². The molecule has 0 bridgehead atoms. The van der Waals surface area contributed by atoms with Gasteiger partial charge in [0.1, 0.15) is 0 Å². The summed E-state index contributed by atoms with van der Waals surface area (Å²) in [5.41, 5.74) is 7.40. The van der Waals surface area contributed by atoms with Crippen LogP contribution in [0.25, 0.3) is 10.2 Å². The van der Waals surface area contributed by atoms with Gasteiger partial charge in [-0.05, 0) is 42.5 Å². The number of benzene rings is 2. The van der Waals surface area contributed by atoms with Gasteiger partial charge in [-0.1, -0.05) is 11.8 Å². The summed E-state index contributed by atoms with van der Waals surface area (Å²) in [4.78, 5) is 5.80. The molecule has 0 radical (unpaired) electrons. The molecule has 0 aliphatic rings. The number of aromatic nitrogens is 1. The van der Waals surface area contributed by atoms with E-state index in [1.54, 1.807) is 35.6 Å². The van der Waals surface area contributed by atoms with Crippen molar-refractivity contribution < 1.29 is 8.42 Å². The molecule has 108 valence electrons. The molecule has 2 aromatic carbocycles. The average Bonchev–Trinajstić information content (AvgIpc) is 2.79. The lowest BCUT2D eigenvalue weighted by Crippen LogP contribution is -1.95. The summed E-state index contributed by atoms with van der Waals surface area (Å²) in [6.07, 6.45) is 1.20. The minimum atomic E-state index is -3.15. The van der Waals surface area contributed by atoms with Crippen LogP contribution in [0.3, 0.4) is 0 Å². The second kappa shape index (κ2) is 5.32. The maximum atomic E-state index is 11.4. The van der Waals surface area contributed by atoms with Gasteiger partial charge >= 0.3 is 0 Å². The molecular formula is C14H12N2O2S3. The zero-order valence-corrected chi connectivity index (χ0v) is 13.6.